The number of thiophene rings is 1. The minimum atomic E-state index is -3.37. The van der Waals surface area contributed by atoms with E-state index < -0.39 is 10.0 Å². The maximum absolute atomic E-state index is 12.1. The van der Waals surface area contributed by atoms with Crippen molar-refractivity contribution in [2.45, 2.75) is 11.4 Å². The predicted molar refractivity (Wildman–Crippen MR) is 65.2 cm³/mol. The van der Waals surface area contributed by atoms with Crippen molar-refractivity contribution in [3.05, 3.63) is 28.6 Å². The van der Waals surface area contributed by atoms with Gasteiger partial charge in [-0.3, -0.25) is 0 Å². The second-order valence-corrected chi connectivity index (χ2v) is 6.86. The monoisotopic (exact) mass is 264 g/mol. The van der Waals surface area contributed by atoms with Crippen LogP contribution in [0.5, 0.6) is 0 Å². The van der Waals surface area contributed by atoms with Crippen LogP contribution in [-0.2, 0) is 16.6 Å². The largest absolute Gasteiger partial charge is 0.244 e. The van der Waals surface area contributed by atoms with Crippen LogP contribution < -0.4 is 0 Å². The number of rotatable bonds is 0. The molecule has 1 aliphatic heterocycles. The molecule has 1 aromatic carbocycles. The summed E-state index contributed by atoms with van der Waals surface area (Å²) in [5, 5.41) is 11.4. The van der Waals surface area contributed by atoms with Gasteiger partial charge >= 0.3 is 0 Å². The minimum absolute atomic E-state index is 0.270. The van der Waals surface area contributed by atoms with Crippen LogP contribution in [0, 0.1) is 11.3 Å². The average Bonchev–Trinajstić information content (AvgIpc) is 2.72. The highest BCUT2D eigenvalue weighted by atomic mass is 32.2. The van der Waals surface area contributed by atoms with Crippen LogP contribution in [0.15, 0.2) is 22.4 Å². The third-order valence-electron chi connectivity index (χ3n) is 3.00. The highest BCUT2D eigenvalue weighted by Crippen LogP contribution is 2.39. The van der Waals surface area contributed by atoms with Crippen LogP contribution >= 0.6 is 11.3 Å². The number of nitriles is 1. The fourth-order valence-corrected chi connectivity index (χ4v) is 4.78. The van der Waals surface area contributed by atoms with Crippen molar-refractivity contribution in [3.63, 3.8) is 0 Å². The van der Waals surface area contributed by atoms with Gasteiger partial charge in [0, 0.05) is 29.1 Å². The Bertz CT molecular complexity index is 769. The van der Waals surface area contributed by atoms with Crippen molar-refractivity contribution in [2.24, 2.45) is 0 Å². The number of hydrogen-bond donors (Lipinski definition) is 0. The summed E-state index contributed by atoms with van der Waals surface area (Å²) in [6, 6.07) is 5.69. The quantitative estimate of drug-likeness (QED) is 0.730. The molecule has 17 heavy (non-hydrogen) atoms. The molecule has 86 valence electrons. The molecule has 2 heterocycles. The fourth-order valence-electron chi connectivity index (χ4n) is 2.10. The second-order valence-electron chi connectivity index (χ2n) is 3.94. The Balaban J connectivity index is 2.53. The van der Waals surface area contributed by atoms with E-state index >= 15 is 0 Å². The summed E-state index contributed by atoms with van der Waals surface area (Å²) in [6.07, 6.45) is 0. The minimum Gasteiger partial charge on any atom is -0.207 e. The molecule has 0 atom stereocenters. The van der Waals surface area contributed by atoms with Crippen LogP contribution in [-0.4, -0.2) is 19.8 Å². The number of sulfonamides is 1. The van der Waals surface area contributed by atoms with Gasteiger partial charge in [-0.25, -0.2) is 8.42 Å². The molecule has 0 bridgehead atoms. The molecule has 0 N–H and O–H groups in total. The van der Waals surface area contributed by atoms with E-state index in [9.17, 15) is 8.42 Å². The zero-order valence-corrected chi connectivity index (χ0v) is 10.6. The summed E-state index contributed by atoms with van der Waals surface area (Å²) in [5.74, 6) is 0. The van der Waals surface area contributed by atoms with Crippen LogP contribution in [0.1, 0.15) is 11.1 Å². The zero-order valence-electron chi connectivity index (χ0n) is 8.97. The Morgan fingerprint density at radius 1 is 1.47 bits per heavy atom. The van der Waals surface area contributed by atoms with Crippen molar-refractivity contribution >= 4 is 31.4 Å². The summed E-state index contributed by atoms with van der Waals surface area (Å²) in [4.78, 5) is 0.332. The summed E-state index contributed by atoms with van der Waals surface area (Å²) < 4.78 is 26.4. The molecule has 0 amide bonds. The van der Waals surface area contributed by atoms with E-state index in [0.29, 0.717) is 10.5 Å². The van der Waals surface area contributed by atoms with E-state index in [0.717, 1.165) is 15.6 Å². The average molecular weight is 264 g/mol. The van der Waals surface area contributed by atoms with Crippen molar-refractivity contribution < 1.29 is 8.42 Å². The molecule has 2 aromatic rings. The SMILES string of the molecule is CN1Cc2c(C#N)ccc3scc(c23)S1(=O)=O. The molecule has 0 fully saturated rings. The predicted octanol–water partition coefficient (Wildman–Crippen LogP) is 1.91. The van der Waals surface area contributed by atoms with E-state index in [-0.39, 0.29) is 6.54 Å². The maximum Gasteiger partial charge on any atom is 0.244 e. The third-order valence-corrected chi connectivity index (χ3v) is 5.93. The van der Waals surface area contributed by atoms with Gasteiger partial charge < -0.3 is 0 Å². The number of benzene rings is 1. The molecular formula is C11H8N2O2S2. The Morgan fingerprint density at radius 2 is 2.24 bits per heavy atom. The van der Waals surface area contributed by atoms with Crippen molar-refractivity contribution in [3.8, 4) is 6.07 Å². The van der Waals surface area contributed by atoms with Crippen molar-refractivity contribution in [1.29, 1.82) is 5.26 Å². The van der Waals surface area contributed by atoms with E-state index in [1.807, 2.05) is 6.07 Å². The van der Waals surface area contributed by atoms with E-state index in [2.05, 4.69) is 6.07 Å². The Hall–Kier alpha value is -1.42. The Morgan fingerprint density at radius 3 is 2.94 bits per heavy atom. The zero-order chi connectivity index (χ0) is 12.2. The van der Waals surface area contributed by atoms with E-state index in [1.54, 1.807) is 11.4 Å². The van der Waals surface area contributed by atoms with Crippen molar-refractivity contribution in [2.75, 3.05) is 7.05 Å². The van der Waals surface area contributed by atoms with E-state index in [1.165, 1.54) is 22.7 Å². The molecule has 4 nitrogen and oxygen atoms in total. The Kier molecular flexibility index (Phi) is 2.08. The molecule has 0 aliphatic carbocycles. The highest BCUT2D eigenvalue weighted by molar-refractivity contribution is 7.89. The van der Waals surface area contributed by atoms with Gasteiger partial charge in [-0.15, -0.1) is 11.3 Å². The van der Waals surface area contributed by atoms with Crippen LogP contribution in [0.3, 0.4) is 0 Å². The van der Waals surface area contributed by atoms with Gasteiger partial charge in [0.05, 0.1) is 11.6 Å². The van der Waals surface area contributed by atoms with Gasteiger partial charge in [-0.2, -0.15) is 9.57 Å². The van der Waals surface area contributed by atoms with Crippen molar-refractivity contribution in [1.82, 2.24) is 4.31 Å². The molecule has 0 saturated heterocycles. The molecule has 0 saturated carbocycles. The normalized spacial score (nSPS) is 18.1. The molecular weight excluding hydrogens is 256 g/mol. The van der Waals surface area contributed by atoms with Crippen LogP contribution in [0.25, 0.3) is 10.1 Å². The Labute approximate surface area is 103 Å². The van der Waals surface area contributed by atoms with Gasteiger partial charge in [-0.1, -0.05) is 0 Å². The molecule has 3 rings (SSSR count). The summed E-state index contributed by atoms with van der Waals surface area (Å²) in [5.41, 5.74) is 1.37. The van der Waals surface area contributed by atoms with Gasteiger partial charge in [0.15, 0.2) is 0 Å². The molecule has 1 aromatic heterocycles. The number of hydrogen-bond acceptors (Lipinski definition) is 4. The molecule has 0 spiro atoms. The molecule has 6 heteroatoms. The fraction of sp³-hybridized carbons (Fsp3) is 0.182. The summed E-state index contributed by atoms with van der Waals surface area (Å²) >= 11 is 1.40. The van der Waals surface area contributed by atoms with Crippen LogP contribution in [0.2, 0.25) is 0 Å². The van der Waals surface area contributed by atoms with Gasteiger partial charge in [0.1, 0.15) is 4.90 Å². The third kappa shape index (κ3) is 1.27. The highest BCUT2D eigenvalue weighted by Gasteiger charge is 2.32. The smallest absolute Gasteiger partial charge is 0.207 e. The van der Waals surface area contributed by atoms with Gasteiger partial charge in [0.25, 0.3) is 0 Å². The molecule has 1 aliphatic rings. The first-order valence-corrected chi connectivity index (χ1v) is 7.27. The summed E-state index contributed by atoms with van der Waals surface area (Å²) in [7, 11) is -1.84. The van der Waals surface area contributed by atoms with Gasteiger partial charge in [-0.05, 0) is 17.7 Å². The number of nitrogens with zero attached hydrogens (tertiary/aromatic N) is 2. The molecule has 0 radical (unpaired) electrons. The topological polar surface area (TPSA) is 61.2 Å². The van der Waals surface area contributed by atoms with Gasteiger partial charge in [0.2, 0.25) is 10.0 Å². The van der Waals surface area contributed by atoms with Crippen LogP contribution in [0.4, 0.5) is 0 Å². The first kappa shape index (κ1) is 10.7. The lowest BCUT2D eigenvalue weighted by atomic mass is 10.0. The standard InChI is InChI=1S/C11H8N2O2S2/c1-13-5-8-7(4-12)2-3-9-11(8)10(6-16-9)17(13,14)15/h2-3,6H,5H2,1H3. The molecule has 0 unspecified atom stereocenters. The lowest BCUT2D eigenvalue weighted by Crippen LogP contribution is -2.30. The maximum atomic E-state index is 12.1. The first-order chi connectivity index (χ1) is 8.05. The lowest BCUT2D eigenvalue weighted by Gasteiger charge is -2.23. The second kappa shape index (κ2) is 3.29. The lowest BCUT2D eigenvalue weighted by molar-refractivity contribution is 0.463. The summed E-state index contributed by atoms with van der Waals surface area (Å²) in [6.45, 7) is 0.270. The van der Waals surface area contributed by atoms with E-state index in [4.69, 9.17) is 5.26 Å². The first-order valence-electron chi connectivity index (χ1n) is 4.95.